The van der Waals surface area contributed by atoms with Crippen molar-refractivity contribution in [3.05, 3.63) is 47.5 Å². The van der Waals surface area contributed by atoms with Crippen LogP contribution in [0.4, 0.5) is 30.7 Å². The maximum Gasteiger partial charge on any atom is 0.573 e. The lowest BCUT2D eigenvalue weighted by Gasteiger charge is -2.13. The predicted molar refractivity (Wildman–Crippen MR) is 69.4 cm³/mol. The van der Waals surface area contributed by atoms with E-state index >= 15 is 0 Å². The summed E-state index contributed by atoms with van der Waals surface area (Å²) in [6.45, 7) is 0. The van der Waals surface area contributed by atoms with Crippen molar-refractivity contribution >= 4 is 5.97 Å². The van der Waals surface area contributed by atoms with Crippen molar-refractivity contribution in [3.63, 3.8) is 0 Å². The molecule has 0 amide bonds. The summed E-state index contributed by atoms with van der Waals surface area (Å²) in [7, 11) is 0. The zero-order valence-corrected chi connectivity index (χ0v) is 12.2. The molecule has 0 bridgehead atoms. The Morgan fingerprint density at radius 3 is 2.00 bits per heavy atom. The first kappa shape index (κ1) is 19.3. The first-order valence-electron chi connectivity index (χ1n) is 6.41. The minimum absolute atomic E-state index is 0.289. The van der Waals surface area contributed by atoms with Gasteiger partial charge in [0, 0.05) is 0 Å². The van der Waals surface area contributed by atoms with E-state index in [1.807, 2.05) is 0 Å². The van der Waals surface area contributed by atoms with Gasteiger partial charge in [-0.05, 0) is 24.3 Å². The maximum absolute atomic E-state index is 13.8. The topological polar surface area (TPSA) is 68.7 Å². The molecule has 5 nitrogen and oxygen atoms in total. The lowest BCUT2D eigenvalue weighted by atomic mass is 10.2. The summed E-state index contributed by atoms with van der Waals surface area (Å²) in [5.74, 6) is -5.99. The molecule has 1 aromatic heterocycles. The number of hydrogen-bond donors (Lipinski definition) is 1. The molecule has 0 atom stereocenters. The Morgan fingerprint density at radius 1 is 1.00 bits per heavy atom. The highest BCUT2D eigenvalue weighted by molar-refractivity contribution is 5.91. The molecule has 0 saturated heterocycles. The van der Waals surface area contributed by atoms with Gasteiger partial charge in [-0.3, -0.25) is 0 Å². The van der Waals surface area contributed by atoms with E-state index in [-0.39, 0.29) is 5.75 Å². The Morgan fingerprint density at radius 2 is 1.54 bits per heavy atom. The van der Waals surface area contributed by atoms with E-state index in [4.69, 9.17) is 9.84 Å². The minimum atomic E-state index is -5.23. The maximum atomic E-state index is 13.8. The number of nitrogens with zero attached hydrogens (tertiary/aromatic N) is 1. The number of hydrogen-bond acceptors (Lipinski definition) is 4. The van der Waals surface area contributed by atoms with Crippen molar-refractivity contribution in [2.75, 3.05) is 0 Å². The van der Waals surface area contributed by atoms with Gasteiger partial charge in [0.15, 0.2) is 17.3 Å². The van der Waals surface area contributed by atoms with E-state index in [0.29, 0.717) is 6.20 Å². The Balaban J connectivity index is 2.35. The number of aromatic nitrogens is 1. The van der Waals surface area contributed by atoms with Crippen LogP contribution >= 0.6 is 0 Å². The first-order valence-corrected chi connectivity index (χ1v) is 6.41. The van der Waals surface area contributed by atoms with E-state index < -0.39 is 47.1 Å². The van der Waals surface area contributed by atoms with Gasteiger partial charge in [0.25, 0.3) is 0 Å². The van der Waals surface area contributed by atoms with Crippen LogP contribution in [0.15, 0.2) is 30.5 Å². The second-order valence-corrected chi connectivity index (χ2v) is 4.58. The van der Waals surface area contributed by atoms with Gasteiger partial charge in [-0.15, -0.1) is 13.2 Å². The second-order valence-electron chi connectivity index (χ2n) is 4.58. The summed E-state index contributed by atoms with van der Waals surface area (Å²) in [5.41, 5.74) is -3.47. The van der Waals surface area contributed by atoms with E-state index in [0.717, 1.165) is 24.3 Å². The second kappa shape index (κ2) is 6.69. The third-order valence-electron chi connectivity index (χ3n) is 2.75. The van der Waals surface area contributed by atoms with Crippen LogP contribution in [0.5, 0.6) is 17.2 Å². The Kier molecular flexibility index (Phi) is 4.96. The average molecular weight is 385 g/mol. The number of carboxylic acid groups (broad SMARTS) is 1. The molecule has 0 saturated carbocycles. The van der Waals surface area contributed by atoms with Crippen LogP contribution in [0.25, 0.3) is 0 Å². The minimum Gasteiger partial charge on any atom is -0.477 e. The number of carboxylic acids is 1. The van der Waals surface area contributed by atoms with Crippen LogP contribution in [0, 0.1) is 5.82 Å². The molecule has 1 aromatic carbocycles. The normalized spacial score (nSPS) is 12.0. The van der Waals surface area contributed by atoms with Crippen molar-refractivity contribution in [2.45, 2.75) is 12.5 Å². The molecule has 2 aromatic rings. The number of rotatable bonds is 4. The van der Waals surface area contributed by atoms with E-state index in [1.165, 1.54) is 0 Å². The highest BCUT2D eigenvalue weighted by atomic mass is 19.4. The van der Waals surface area contributed by atoms with Crippen LogP contribution < -0.4 is 9.47 Å². The van der Waals surface area contributed by atoms with Crippen molar-refractivity contribution < 1.29 is 50.1 Å². The van der Waals surface area contributed by atoms with Crippen LogP contribution in [-0.4, -0.2) is 22.4 Å². The van der Waals surface area contributed by atoms with Crippen molar-refractivity contribution in [3.8, 4) is 17.2 Å². The molecule has 1 N–H and O–H groups in total. The van der Waals surface area contributed by atoms with Gasteiger partial charge < -0.3 is 14.6 Å². The SMILES string of the molecule is O=C(O)c1c(Oc2ccc(OC(F)(F)F)cc2)cnc(C(F)(F)F)c1F. The van der Waals surface area contributed by atoms with Crippen LogP contribution in [0.2, 0.25) is 0 Å². The zero-order chi connectivity index (χ0) is 19.7. The summed E-state index contributed by atoms with van der Waals surface area (Å²) >= 11 is 0. The number of aromatic carboxylic acids is 1. The number of ether oxygens (including phenoxy) is 2. The highest BCUT2D eigenvalue weighted by Crippen LogP contribution is 2.35. The van der Waals surface area contributed by atoms with Crippen LogP contribution in [-0.2, 0) is 6.18 Å². The first-order chi connectivity index (χ1) is 11.9. The monoisotopic (exact) mass is 385 g/mol. The Hall–Kier alpha value is -3.05. The number of pyridine rings is 1. The number of benzene rings is 1. The quantitative estimate of drug-likeness (QED) is 0.778. The molecule has 0 spiro atoms. The van der Waals surface area contributed by atoms with Gasteiger partial charge in [0.05, 0.1) is 6.20 Å². The fourth-order valence-electron chi connectivity index (χ4n) is 1.78. The Bertz CT molecular complexity index is 816. The number of alkyl halides is 6. The van der Waals surface area contributed by atoms with Gasteiger partial charge in [0.1, 0.15) is 17.1 Å². The van der Waals surface area contributed by atoms with Crippen molar-refractivity contribution in [2.24, 2.45) is 0 Å². The van der Waals surface area contributed by atoms with Crippen molar-refractivity contribution in [1.29, 1.82) is 0 Å². The van der Waals surface area contributed by atoms with Gasteiger partial charge in [-0.25, -0.2) is 14.2 Å². The van der Waals surface area contributed by atoms with E-state index in [9.17, 15) is 35.5 Å². The average Bonchev–Trinajstić information content (AvgIpc) is 2.46. The molecule has 0 aliphatic rings. The summed E-state index contributed by atoms with van der Waals surface area (Å²) in [6.07, 6.45) is -9.84. The molecule has 140 valence electrons. The lowest BCUT2D eigenvalue weighted by molar-refractivity contribution is -0.274. The standard InChI is InChI=1S/C14H6F7NO4/c15-10-9(12(23)24)8(5-22-11(10)13(16,17)18)25-6-1-3-7(4-2-6)26-14(19,20)21/h1-5H,(H,23,24). The fraction of sp³-hybridized carbons (Fsp3) is 0.143. The summed E-state index contributed by atoms with van der Waals surface area (Å²) < 4.78 is 96.3. The summed E-state index contributed by atoms with van der Waals surface area (Å²) in [6, 6.07) is 3.42. The largest absolute Gasteiger partial charge is 0.573 e. The fourth-order valence-corrected chi connectivity index (χ4v) is 1.78. The van der Waals surface area contributed by atoms with Gasteiger partial charge in [-0.1, -0.05) is 0 Å². The molecular weight excluding hydrogens is 379 g/mol. The number of carbonyl (C=O) groups is 1. The summed E-state index contributed by atoms with van der Waals surface area (Å²) in [5, 5.41) is 8.93. The molecule has 0 aliphatic carbocycles. The molecule has 12 heteroatoms. The summed E-state index contributed by atoms with van der Waals surface area (Å²) in [4.78, 5) is 13.9. The molecule has 1 heterocycles. The van der Waals surface area contributed by atoms with Crippen molar-refractivity contribution in [1.82, 2.24) is 4.98 Å². The Labute approximate surface area is 139 Å². The zero-order valence-electron chi connectivity index (χ0n) is 12.2. The van der Waals surface area contributed by atoms with Gasteiger partial charge in [0.2, 0.25) is 0 Å². The molecular formula is C14H6F7NO4. The molecule has 2 rings (SSSR count). The lowest BCUT2D eigenvalue weighted by Crippen LogP contribution is -2.17. The van der Waals surface area contributed by atoms with Crippen LogP contribution in [0.3, 0.4) is 0 Å². The highest BCUT2D eigenvalue weighted by Gasteiger charge is 2.39. The van der Waals surface area contributed by atoms with E-state index in [1.54, 1.807) is 0 Å². The van der Waals surface area contributed by atoms with Crippen LogP contribution in [0.1, 0.15) is 16.1 Å². The van der Waals surface area contributed by atoms with Gasteiger partial charge in [-0.2, -0.15) is 13.2 Å². The third kappa shape index (κ3) is 4.52. The molecule has 0 radical (unpaired) electrons. The predicted octanol–water partition coefficient (Wildman–Crippen LogP) is 4.63. The molecule has 0 aliphatic heterocycles. The van der Waals surface area contributed by atoms with E-state index in [2.05, 4.69) is 9.72 Å². The smallest absolute Gasteiger partial charge is 0.477 e. The molecule has 0 unspecified atom stereocenters. The molecule has 26 heavy (non-hydrogen) atoms. The molecule has 0 fully saturated rings. The number of halogens is 7. The third-order valence-corrected chi connectivity index (χ3v) is 2.75. The van der Waals surface area contributed by atoms with Gasteiger partial charge >= 0.3 is 18.5 Å².